The molecule has 0 aliphatic heterocycles. The lowest BCUT2D eigenvalue weighted by atomic mass is 10.2. The van der Waals surface area contributed by atoms with Crippen molar-refractivity contribution in [2.24, 2.45) is 5.73 Å². The third-order valence-electron chi connectivity index (χ3n) is 3.06. The molecule has 21 heavy (non-hydrogen) atoms. The first-order chi connectivity index (χ1) is 9.96. The van der Waals surface area contributed by atoms with Crippen molar-refractivity contribution in [1.29, 1.82) is 0 Å². The Morgan fingerprint density at radius 3 is 2.81 bits per heavy atom. The molecule has 0 bridgehead atoms. The molecule has 0 aliphatic carbocycles. The van der Waals surface area contributed by atoms with E-state index >= 15 is 0 Å². The van der Waals surface area contributed by atoms with E-state index in [0.29, 0.717) is 18.4 Å². The first-order valence-corrected chi connectivity index (χ1v) is 8.43. The lowest BCUT2D eigenvalue weighted by Crippen LogP contribution is -2.38. The number of fused-ring (bicyclic) bond motifs is 1. The largest absolute Gasteiger partial charge is 0.392 e. The summed E-state index contributed by atoms with van der Waals surface area (Å²) in [6, 6.07) is 6.84. The molecule has 0 saturated carbocycles. The topological polar surface area (TPSA) is 76.3 Å². The third-order valence-corrected chi connectivity index (χ3v) is 5.10. The number of hydrogen-bond acceptors (Lipinski definition) is 4. The first-order valence-electron chi connectivity index (χ1n) is 6.58. The van der Waals surface area contributed by atoms with Crippen LogP contribution in [0.2, 0.25) is 0 Å². The molecule has 2 aromatic rings. The number of benzene rings is 1. The average Bonchev–Trinajstić information content (AvgIpc) is 2.45. The highest BCUT2D eigenvalue weighted by Crippen LogP contribution is 2.25. The van der Waals surface area contributed by atoms with E-state index in [1.807, 2.05) is 13.0 Å². The van der Waals surface area contributed by atoms with Gasteiger partial charge in [0.25, 0.3) is 0 Å². The molecule has 0 saturated heterocycles. The van der Waals surface area contributed by atoms with Gasteiger partial charge in [-0.05, 0) is 18.6 Å². The minimum absolute atomic E-state index is 0.0486. The van der Waals surface area contributed by atoms with Gasteiger partial charge >= 0.3 is 0 Å². The van der Waals surface area contributed by atoms with Gasteiger partial charge in [-0.1, -0.05) is 31.3 Å². The fraction of sp³-hybridized carbons (Fsp3) is 0.286. The van der Waals surface area contributed by atoms with Crippen molar-refractivity contribution >= 4 is 38.0 Å². The molecule has 5 nitrogen and oxygen atoms in total. The number of nitrogens with two attached hydrogens (primary N) is 1. The van der Waals surface area contributed by atoms with Gasteiger partial charge in [-0.3, -0.25) is 4.98 Å². The smallest absolute Gasteiger partial charge is 0.244 e. The van der Waals surface area contributed by atoms with E-state index in [1.165, 1.54) is 4.31 Å². The standard InChI is InChI=1S/C14H17N3O2S2/c1-2-8-17(10-14(15)20)21(18,19)13-5-3-4-11-9-16-7-6-12(11)13/h3-7,9H,2,8,10H2,1H3,(H2,15,20). The highest BCUT2D eigenvalue weighted by Gasteiger charge is 2.26. The van der Waals surface area contributed by atoms with E-state index in [9.17, 15) is 8.42 Å². The number of pyridine rings is 1. The zero-order valence-electron chi connectivity index (χ0n) is 11.7. The summed E-state index contributed by atoms with van der Waals surface area (Å²) in [4.78, 5) is 4.43. The van der Waals surface area contributed by atoms with Gasteiger partial charge in [0.05, 0.1) is 16.4 Å². The number of hydrogen-bond donors (Lipinski definition) is 1. The first kappa shape index (κ1) is 15.8. The Labute approximate surface area is 129 Å². The lowest BCUT2D eigenvalue weighted by molar-refractivity contribution is 0.450. The van der Waals surface area contributed by atoms with Crippen LogP contribution < -0.4 is 5.73 Å². The number of thiocarbonyl (C=S) groups is 1. The summed E-state index contributed by atoms with van der Waals surface area (Å²) in [6.07, 6.45) is 3.92. The zero-order chi connectivity index (χ0) is 15.5. The second-order valence-corrected chi connectivity index (χ2v) is 7.09. The minimum Gasteiger partial charge on any atom is -0.392 e. The normalized spacial score (nSPS) is 11.9. The Kier molecular flexibility index (Phi) is 4.87. The van der Waals surface area contributed by atoms with Gasteiger partial charge < -0.3 is 5.73 Å². The molecule has 0 amide bonds. The van der Waals surface area contributed by atoms with Gasteiger partial charge in [-0.25, -0.2) is 8.42 Å². The van der Waals surface area contributed by atoms with Gasteiger partial charge in [0, 0.05) is 29.7 Å². The van der Waals surface area contributed by atoms with Crippen molar-refractivity contribution in [2.45, 2.75) is 18.2 Å². The van der Waals surface area contributed by atoms with Crippen molar-refractivity contribution in [2.75, 3.05) is 13.1 Å². The van der Waals surface area contributed by atoms with E-state index in [-0.39, 0.29) is 16.4 Å². The summed E-state index contributed by atoms with van der Waals surface area (Å²) in [6.45, 7) is 2.34. The van der Waals surface area contributed by atoms with Crippen LogP contribution in [0.25, 0.3) is 10.8 Å². The maximum absolute atomic E-state index is 12.9. The summed E-state index contributed by atoms with van der Waals surface area (Å²) >= 11 is 4.86. The van der Waals surface area contributed by atoms with Crippen LogP contribution in [0.1, 0.15) is 13.3 Å². The van der Waals surface area contributed by atoms with E-state index in [4.69, 9.17) is 18.0 Å². The predicted octanol–water partition coefficient (Wildman–Crippen LogP) is 1.92. The van der Waals surface area contributed by atoms with Gasteiger partial charge in [-0.2, -0.15) is 4.31 Å². The fourth-order valence-electron chi connectivity index (χ4n) is 2.16. The van der Waals surface area contributed by atoms with Crippen LogP contribution in [0.3, 0.4) is 0 Å². The van der Waals surface area contributed by atoms with E-state index < -0.39 is 10.0 Å². The lowest BCUT2D eigenvalue weighted by Gasteiger charge is -2.21. The SMILES string of the molecule is CCCN(CC(N)=S)S(=O)(=O)c1cccc2cnccc12. The third kappa shape index (κ3) is 3.37. The maximum Gasteiger partial charge on any atom is 0.244 e. The van der Waals surface area contributed by atoms with Crippen LogP contribution in [0, 0.1) is 0 Å². The molecule has 0 unspecified atom stereocenters. The fourth-order valence-corrected chi connectivity index (χ4v) is 4.13. The summed E-state index contributed by atoms with van der Waals surface area (Å²) in [7, 11) is -3.65. The molecule has 2 N–H and O–H groups in total. The van der Waals surface area contributed by atoms with E-state index in [2.05, 4.69) is 4.98 Å². The minimum atomic E-state index is -3.65. The summed E-state index contributed by atoms with van der Waals surface area (Å²) in [5.74, 6) is 0. The number of aromatic nitrogens is 1. The van der Waals surface area contributed by atoms with Gasteiger partial charge in [-0.15, -0.1) is 0 Å². The Bertz CT molecular complexity index is 754. The number of sulfonamides is 1. The van der Waals surface area contributed by atoms with Gasteiger partial charge in [0.1, 0.15) is 0 Å². The van der Waals surface area contributed by atoms with Crippen LogP contribution in [-0.4, -0.2) is 35.8 Å². The van der Waals surface area contributed by atoms with Crippen LogP contribution >= 0.6 is 12.2 Å². The molecule has 0 fully saturated rings. The summed E-state index contributed by atoms with van der Waals surface area (Å²) in [5.41, 5.74) is 5.53. The van der Waals surface area contributed by atoms with Crippen LogP contribution in [0.4, 0.5) is 0 Å². The molecular formula is C14H17N3O2S2. The molecule has 7 heteroatoms. The number of rotatable bonds is 6. The van der Waals surface area contributed by atoms with Gasteiger partial charge in [0.2, 0.25) is 10.0 Å². The van der Waals surface area contributed by atoms with Crippen molar-refractivity contribution in [1.82, 2.24) is 9.29 Å². The predicted molar refractivity (Wildman–Crippen MR) is 87.6 cm³/mol. The molecular weight excluding hydrogens is 306 g/mol. The van der Waals surface area contributed by atoms with Crippen molar-refractivity contribution in [3.63, 3.8) is 0 Å². The highest BCUT2D eigenvalue weighted by molar-refractivity contribution is 7.89. The Hall–Kier alpha value is -1.57. The molecule has 0 radical (unpaired) electrons. The maximum atomic E-state index is 12.9. The molecule has 0 atom stereocenters. The van der Waals surface area contributed by atoms with Crippen LogP contribution in [-0.2, 0) is 10.0 Å². The van der Waals surface area contributed by atoms with Crippen molar-refractivity contribution in [3.05, 3.63) is 36.7 Å². The zero-order valence-corrected chi connectivity index (χ0v) is 13.3. The Balaban J connectivity index is 2.56. The molecule has 1 aromatic heterocycles. The molecule has 0 aliphatic rings. The molecule has 1 heterocycles. The number of nitrogens with zero attached hydrogens (tertiary/aromatic N) is 2. The molecule has 0 spiro atoms. The van der Waals surface area contributed by atoms with Gasteiger partial charge in [0.15, 0.2) is 0 Å². The molecule has 112 valence electrons. The summed E-state index contributed by atoms with van der Waals surface area (Å²) < 4.78 is 27.0. The van der Waals surface area contributed by atoms with Crippen LogP contribution in [0.5, 0.6) is 0 Å². The Morgan fingerprint density at radius 1 is 1.38 bits per heavy atom. The second kappa shape index (κ2) is 6.46. The summed E-state index contributed by atoms with van der Waals surface area (Å²) in [5, 5.41) is 1.43. The molecule has 1 aromatic carbocycles. The Morgan fingerprint density at radius 2 is 2.14 bits per heavy atom. The quantitative estimate of drug-likeness (QED) is 0.822. The van der Waals surface area contributed by atoms with Crippen molar-refractivity contribution in [3.8, 4) is 0 Å². The monoisotopic (exact) mass is 323 g/mol. The molecule has 2 rings (SSSR count). The second-order valence-electron chi connectivity index (χ2n) is 4.66. The van der Waals surface area contributed by atoms with E-state index in [1.54, 1.807) is 30.6 Å². The van der Waals surface area contributed by atoms with Crippen LogP contribution in [0.15, 0.2) is 41.6 Å². The highest BCUT2D eigenvalue weighted by atomic mass is 32.2. The average molecular weight is 323 g/mol. The van der Waals surface area contributed by atoms with Crippen molar-refractivity contribution < 1.29 is 8.42 Å². The van der Waals surface area contributed by atoms with E-state index in [0.717, 1.165) is 5.39 Å².